The third-order valence-electron chi connectivity index (χ3n) is 4.73. The lowest BCUT2D eigenvalue weighted by Crippen LogP contribution is -1.94. The predicted molar refractivity (Wildman–Crippen MR) is 97.3 cm³/mol. The summed E-state index contributed by atoms with van der Waals surface area (Å²) in [6.07, 6.45) is 2.47. The monoisotopic (exact) mass is 325 g/mol. The van der Waals surface area contributed by atoms with Gasteiger partial charge in [0.05, 0.1) is 12.0 Å². The lowest BCUT2D eigenvalue weighted by molar-refractivity contribution is 0.477. The van der Waals surface area contributed by atoms with E-state index in [4.69, 9.17) is 9.40 Å². The van der Waals surface area contributed by atoms with Crippen LogP contribution in [0, 0.1) is 0 Å². The van der Waals surface area contributed by atoms with Crippen LogP contribution in [0.2, 0.25) is 0 Å². The summed E-state index contributed by atoms with van der Waals surface area (Å²) >= 11 is 0. The Bertz CT molecular complexity index is 1080. The molecule has 0 radical (unpaired) electrons. The van der Waals surface area contributed by atoms with Crippen molar-refractivity contribution in [1.29, 1.82) is 0 Å². The van der Waals surface area contributed by atoms with Crippen molar-refractivity contribution in [2.75, 3.05) is 0 Å². The highest BCUT2D eigenvalue weighted by Gasteiger charge is 2.25. The Kier molecular flexibility index (Phi) is 3.01. The number of phenolic OH excluding ortho intramolecular Hbond substituents is 1. The van der Waals surface area contributed by atoms with Gasteiger partial charge in [0.25, 0.3) is 0 Å². The summed E-state index contributed by atoms with van der Waals surface area (Å²) in [4.78, 5) is 4.88. The van der Waals surface area contributed by atoms with Gasteiger partial charge in [0.1, 0.15) is 11.4 Å². The highest BCUT2D eigenvalue weighted by atomic mass is 16.3. The molecule has 2 aromatic carbocycles. The van der Waals surface area contributed by atoms with E-state index < -0.39 is 0 Å². The van der Waals surface area contributed by atoms with Gasteiger partial charge in [-0.1, -0.05) is 42.5 Å². The van der Waals surface area contributed by atoms with E-state index in [1.165, 1.54) is 5.56 Å². The van der Waals surface area contributed by atoms with Crippen molar-refractivity contribution in [3.63, 3.8) is 0 Å². The van der Waals surface area contributed by atoms with Crippen molar-refractivity contribution >= 4 is 0 Å². The zero-order valence-corrected chi connectivity index (χ0v) is 13.4. The van der Waals surface area contributed by atoms with Crippen molar-refractivity contribution < 1.29 is 9.52 Å². The van der Waals surface area contributed by atoms with Crippen molar-refractivity contribution in [2.45, 2.75) is 6.42 Å². The second kappa shape index (κ2) is 5.35. The van der Waals surface area contributed by atoms with Crippen LogP contribution in [-0.2, 0) is 6.42 Å². The Morgan fingerprint density at radius 2 is 1.64 bits per heavy atom. The number of benzene rings is 2. The first-order chi connectivity index (χ1) is 12.3. The number of pyridine rings is 1. The zero-order valence-electron chi connectivity index (χ0n) is 13.4. The molecular weight excluding hydrogens is 310 g/mol. The number of aromatic hydroxyl groups is 1. The molecule has 1 aliphatic carbocycles. The zero-order chi connectivity index (χ0) is 16.8. The van der Waals surface area contributed by atoms with Crippen molar-refractivity contribution in [1.82, 2.24) is 4.98 Å². The third kappa shape index (κ3) is 2.17. The Morgan fingerprint density at radius 1 is 0.840 bits per heavy atom. The fraction of sp³-hybridized carbons (Fsp3) is 0.0455. The van der Waals surface area contributed by atoms with Gasteiger partial charge < -0.3 is 9.52 Å². The number of phenols is 1. The number of hydrogen-bond donors (Lipinski definition) is 1. The van der Waals surface area contributed by atoms with E-state index >= 15 is 0 Å². The maximum atomic E-state index is 10.4. The molecule has 0 amide bonds. The highest BCUT2D eigenvalue weighted by molar-refractivity contribution is 5.86. The van der Waals surface area contributed by atoms with Crippen molar-refractivity contribution in [2.24, 2.45) is 0 Å². The maximum Gasteiger partial charge on any atom is 0.152 e. The molecular formula is C22H15NO2. The van der Waals surface area contributed by atoms with E-state index in [1.54, 1.807) is 12.3 Å². The average Bonchev–Trinajstić information content (AvgIpc) is 3.29. The largest absolute Gasteiger partial charge is 0.507 e. The number of para-hydroxylation sites is 1. The fourth-order valence-corrected chi connectivity index (χ4v) is 3.56. The second-order valence-electron chi connectivity index (χ2n) is 6.21. The lowest BCUT2D eigenvalue weighted by atomic mass is 9.96. The van der Waals surface area contributed by atoms with Gasteiger partial charge in [0.15, 0.2) is 5.76 Å². The van der Waals surface area contributed by atoms with Gasteiger partial charge in [-0.15, -0.1) is 0 Å². The Balaban J connectivity index is 1.82. The minimum atomic E-state index is 0.275. The molecule has 0 saturated heterocycles. The van der Waals surface area contributed by atoms with E-state index in [9.17, 15) is 5.11 Å². The molecule has 1 N–H and O–H groups in total. The molecule has 2 heterocycles. The molecule has 0 spiro atoms. The predicted octanol–water partition coefficient (Wildman–Crippen LogP) is 5.29. The molecule has 5 rings (SSSR count). The lowest BCUT2D eigenvalue weighted by Gasteiger charge is -2.12. The first-order valence-electron chi connectivity index (χ1n) is 8.26. The minimum absolute atomic E-state index is 0.275. The first kappa shape index (κ1) is 14.1. The molecule has 1 aliphatic rings. The number of fused-ring (bicyclic) bond motifs is 3. The summed E-state index contributed by atoms with van der Waals surface area (Å²) in [6.45, 7) is 0. The molecule has 2 aromatic heterocycles. The van der Waals surface area contributed by atoms with Gasteiger partial charge in [-0.25, -0.2) is 4.98 Å². The van der Waals surface area contributed by atoms with Gasteiger partial charge >= 0.3 is 0 Å². The van der Waals surface area contributed by atoms with E-state index in [0.717, 1.165) is 45.8 Å². The summed E-state index contributed by atoms with van der Waals surface area (Å²) in [5.41, 5.74) is 7.15. The van der Waals surface area contributed by atoms with Crippen LogP contribution in [0.15, 0.2) is 77.4 Å². The molecule has 0 atom stereocenters. The van der Waals surface area contributed by atoms with Crippen molar-refractivity contribution in [3.05, 3.63) is 84.1 Å². The number of aromatic nitrogens is 1. The molecule has 3 nitrogen and oxygen atoms in total. The van der Waals surface area contributed by atoms with Crippen LogP contribution < -0.4 is 0 Å². The topological polar surface area (TPSA) is 46.3 Å². The number of hydrogen-bond acceptors (Lipinski definition) is 3. The average molecular weight is 325 g/mol. The fourth-order valence-electron chi connectivity index (χ4n) is 3.56. The molecule has 3 heteroatoms. The SMILES string of the molecule is Oc1ccccc1-c1cc(-c2ccco2)nc2c1Cc1ccccc1-2. The summed E-state index contributed by atoms with van der Waals surface area (Å²) in [6, 6.07) is 21.6. The number of nitrogens with zero attached hydrogens (tertiary/aromatic N) is 1. The van der Waals surface area contributed by atoms with Gasteiger partial charge in [-0.3, -0.25) is 0 Å². The molecule has 4 aromatic rings. The standard InChI is InChI=1S/C22H15NO2/c24-20-9-4-3-8-16(20)17-13-19(21-10-5-11-25-21)23-22-15-7-2-1-6-14(15)12-18(17)22/h1-11,13,24H,12H2. The van der Waals surface area contributed by atoms with Gasteiger partial charge in [0, 0.05) is 17.5 Å². The Labute approximate surface area is 145 Å². The van der Waals surface area contributed by atoms with Gasteiger partial charge in [-0.2, -0.15) is 0 Å². The van der Waals surface area contributed by atoms with Crippen LogP contribution in [0.5, 0.6) is 5.75 Å². The molecule has 0 fully saturated rings. The van der Waals surface area contributed by atoms with E-state index in [1.807, 2.05) is 42.5 Å². The molecule has 0 unspecified atom stereocenters. The van der Waals surface area contributed by atoms with Crippen LogP contribution in [0.3, 0.4) is 0 Å². The summed E-state index contributed by atoms with van der Waals surface area (Å²) in [5, 5.41) is 10.4. The summed E-state index contributed by atoms with van der Waals surface area (Å²) in [5.74, 6) is 1.00. The summed E-state index contributed by atoms with van der Waals surface area (Å²) in [7, 11) is 0. The molecule has 0 bridgehead atoms. The van der Waals surface area contributed by atoms with Crippen LogP contribution in [0.25, 0.3) is 33.8 Å². The third-order valence-corrected chi connectivity index (χ3v) is 4.73. The van der Waals surface area contributed by atoms with E-state index in [-0.39, 0.29) is 5.75 Å². The smallest absolute Gasteiger partial charge is 0.152 e. The van der Waals surface area contributed by atoms with Crippen LogP contribution in [-0.4, -0.2) is 10.1 Å². The van der Waals surface area contributed by atoms with Crippen molar-refractivity contribution in [3.8, 4) is 39.6 Å². The summed E-state index contributed by atoms with van der Waals surface area (Å²) < 4.78 is 5.56. The highest BCUT2D eigenvalue weighted by Crippen LogP contribution is 2.44. The minimum Gasteiger partial charge on any atom is -0.507 e. The maximum absolute atomic E-state index is 10.4. The van der Waals surface area contributed by atoms with Crippen LogP contribution in [0.4, 0.5) is 0 Å². The number of furan rings is 1. The van der Waals surface area contributed by atoms with Gasteiger partial charge in [-0.05, 0) is 41.0 Å². The molecule has 0 saturated carbocycles. The van der Waals surface area contributed by atoms with Crippen LogP contribution in [0.1, 0.15) is 11.1 Å². The normalized spacial score (nSPS) is 12.0. The molecule has 0 aliphatic heterocycles. The van der Waals surface area contributed by atoms with E-state index in [0.29, 0.717) is 0 Å². The molecule has 120 valence electrons. The Morgan fingerprint density at radius 3 is 2.44 bits per heavy atom. The quantitative estimate of drug-likeness (QED) is 0.480. The van der Waals surface area contributed by atoms with Crippen LogP contribution >= 0.6 is 0 Å². The number of rotatable bonds is 2. The first-order valence-corrected chi connectivity index (χ1v) is 8.26. The van der Waals surface area contributed by atoms with E-state index in [2.05, 4.69) is 18.2 Å². The van der Waals surface area contributed by atoms with Gasteiger partial charge in [0.2, 0.25) is 0 Å². The second-order valence-corrected chi connectivity index (χ2v) is 6.21. The Hall–Kier alpha value is -3.33. The molecule has 25 heavy (non-hydrogen) atoms.